The molecule has 2 atom stereocenters. The standard InChI is InChI=1S/C6H8N2O3/c7-3-8-5-2-11-1-4(5)6(9)10/h4-5,8H,1-2H2,(H,9,10). The summed E-state index contributed by atoms with van der Waals surface area (Å²) in [5.41, 5.74) is 0. The zero-order valence-corrected chi connectivity index (χ0v) is 5.78. The molecule has 0 amide bonds. The van der Waals surface area contributed by atoms with Crippen LogP contribution in [-0.4, -0.2) is 30.3 Å². The van der Waals surface area contributed by atoms with Gasteiger partial charge < -0.3 is 15.2 Å². The first-order valence-corrected chi connectivity index (χ1v) is 3.21. The Balaban J connectivity index is 2.52. The van der Waals surface area contributed by atoms with Gasteiger partial charge in [0.25, 0.3) is 0 Å². The highest BCUT2D eigenvalue weighted by atomic mass is 16.5. The molecule has 0 spiro atoms. The highest BCUT2D eigenvalue weighted by Crippen LogP contribution is 2.12. The smallest absolute Gasteiger partial charge is 0.311 e. The van der Waals surface area contributed by atoms with Crippen molar-refractivity contribution >= 4 is 5.97 Å². The zero-order chi connectivity index (χ0) is 8.27. The van der Waals surface area contributed by atoms with Gasteiger partial charge in [-0.3, -0.25) is 4.79 Å². The lowest BCUT2D eigenvalue weighted by Gasteiger charge is -2.09. The number of nitrogens with one attached hydrogen (secondary N) is 1. The van der Waals surface area contributed by atoms with Gasteiger partial charge in [0.1, 0.15) is 5.92 Å². The molecule has 0 aliphatic carbocycles. The van der Waals surface area contributed by atoms with Crippen LogP contribution in [0.3, 0.4) is 0 Å². The Bertz CT molecular complexity index is 198. The third-order valence-electron chi connectivity index (χ3n) is 1.65. The predicted octanol–water partition coefficient (Wildman–Crippen LogP) is -0.843. The first kappa shape index (κ1) is 7.82. The number of carboxylic acid groups (broad SMARTS) is 1. The van der Waals surface area contributed by atoms with Crippen LogP contribution in [0.1, 0.15) is 0 Å². The first-order chi connectivity index (χ1) is 5.25. The molecule has 5 nitrogen and oxygen atoms in total. The van der Waals surface area contributed by atoms with Crippen molar-refractivity contribution in [3.8, 4) is 6.19 Å². The minimum absolute atomic E-state index is 0.189. The van der Waals surface area contributed by atoms with Crippen LogP contribution in [0.4, 0.5) is 0 Å². The van der Waals surface area contributed by atoms with Gasteiger partial charge in [-0.05, 0) is 0 Å². The lowest BCUT2D eigenvalue weighted by Crippen LogP contribution is -2.36. The monoisotopic (exact) mass is 156 g/mol. The molecule has 0 aromatic carbocycles. The number of nitrogens with zero attached hydrogens (tertiary/aromatic N) is 1. The molecule has 11 heavy (non-hydrogen) atoms. The maximum absolute atomic E-state index is 10.5. The number of nitriles is 1. The van der Waals surface area contributed by atoms with Gasteiger partial charge >= 0.3 is 5.97 Å². The summed E-state index contributed by atoms with van der Waals surface area (Å²) in [5, 5.41) is 19.2. The second kappa shape index (κ2) is 3.21. The molecule has 0 aromatic heterocycles. The highest BCUT2D eigenvalue weighted by Gasteiger charge is 2.33. The van der Waals surface area contributed by atoms with Crippen LogP contribution in [0.15, 0.2) is 0 Å². The predicted molar refractivity (Wildman–Crippen MR) is 34.5 cm³/mol. The minimum Gasteiger partial charge on any atom is -0.481 e. The van der Waals surface area contributed by atoms with Crippen molar-refractivity contribution in [3.63, 3.8) is 0 Å². The van der Waals surface area contributed by atoms with Gasteiger partial charge in [0.15, 0.2) is 6.19 Å². The van der Waals surface area contributed by atoms with E-state index >= 15 is 0 Å². The second-order valence-corrected chi connectivity index (χ2v) is 2.34. The number of hydrogen-bond donors (Lipinski definition) is 2. The number of rotatable bonds is 2. The normalized spacial score (nSPS) is 29.4. The third-order valence-corrected chi connectivity index (χ3v) is 1.65. The van der Waals surface area contributed by atoms with Crippen molar-refractivity contribution in [2.75, 3.05) is 13.2 Å². The Hall–Kier alpha value is -1.28. The number of hydrogen-bond acceptors (Lipinski definition) is 4. The lowest BCUT2D eigenvalue weighted by atomic mass is 10.1. The Kier molecular flexibility index (Phi) is 2.28. The fraction of sp³-hybridized carbons (Fsp3) is 0.667. The zero-order valence-electron chi connectivity index (χ0n) is 5.78. The summed E-state index contributed by atoms with van der Waals surface area (Å²) >= 11 is 0. The molecule has 2 N–H and O–H groups in total. The van der Waals surface area contributed by atoms with Crippen molar-refractivity contribution in [1.29, 1.82) is 5.26 Å². The summed E-state index contributed by atoms with van der Waals surface area (Å²) in [5.74, 6) is -1.51. The van der Waals surface area contributed by atoms with Crippen molar-refractivity contribution in [2.45, 2.75) is 6.04 Å². The van der Waals surface area contributed by atoms with Crippen LogP contribution in [0.5, 0.6) is 0 Å². The van der Waals surface area contributed by atoms with Crippen LogP contribution in [0.2, 0.25) is 0 Å². The van der Waals surface area contributed by atoms with Crippen LogP contribution >= 0.6 is 0 Å². The maximum Gasteiger partial charge on any atom is 0.311 e. The van der Waals surface area contributed by atoms with E-state index in [1.165, 1.54) is 0 Å². The van der Waals surface area contributed by atoms with Gasteiger partial charge in [-0.15, -0.1) is 0 Å². The van der Waals surface area contributed by atoms with E-state index in [4.69, 9.17) is 15.1 Å². The van der Waals surface area contributed by atoms with Crippen molar-refractivity contribution in [1.82, 2.24) is 5.32 Å². The van der Waals surface area contributed by atoms with Gasteiger partial charge in [0.05, 0.1) is 19.3 Å². The summed E-state index contributed by atoms with van der Waals surface area (Å²) < 4.78 is 4.89. The maximum atomic E-state index is 10.5. The van der Waals surface area contributed by atoms with Gasteiger partial charge in [-0.2, -0.15) is 5.26 Å². The van der Waals surface area contributed by atoms with E-state index < -0.39 is 11.9 Å². The summed E-state index contributed by atoms with van der Waals surface area (Å²) in [7, 11) is 0. The molecule has 1 fully saturated rings. The Labute approximate surface area is 63.6 Å². The molecule has 1 heterocycles. The Morgan fingerprint density at radius 2 is 2.45 bits per heavy atom. The van der Waals surface area contributed by atoms with E-state index in [-0.39, 0.29) is 12.6 Å². The fourth-order valence-corrected chi connectivity index (χ4v) is 1.02. The Morgan fingerprint density at radius 3 is 3.00 bits per heavy atom. The minimum atomic E-state index is -0.921. The summed E-state index contributed by atoms with van der Waals surface area (Å²) in [6.07, 6.45) is 1.70. The topological polar surface area (TPSA) is 82.3 Å². The molecule has 1 saturated heterocycles. The molecule has 1 aliphatic heterocycles. The van der Waals surface area contributed by atoms with Gasteiger partial charge in [0.2, 0.25) is 0 Å². The number of ether oxygens (including phenoxy) is 1. The molecule has 5 heteroatoms. The molecule has 0 aromatic rings. The SMILES string of the molecule is N#CNC1COCC1C(=O)O. The summed E-state index contributed by atoms with van der Waals surface area (Å²) in [6.45, 7) is 0.485. The van der Waals surface area contributed by atoms with Crippen LogP contribution in [0.25, 0.3) is 0 Å². The molecule has 60 valence electrons. The van der Waals surface area contributed by atoms with E-state index in [0.717, 1.165) is 0 Å². The number of aliphatic carboxylic acids is 1. The van der Waals surface area contributed by atoms with Crippen molar-refractivity contribution in [3.05, 3.63) is 0 Å². The van der Waals surface area contributed by atoms with E-state index in [9.17, 15) is 4.79 Å². The quantitative estimate of drug-likeness (QED) is 0.402. The molecule has 0 radical (unpaired) electrons. The van der Waals surface area contributed by atoms with Crippen molar-refractivity contribution < 1.29 is 14.6 Å². The first-order valence-electron chi connectivity index (χ1n) is 3.21. The second-order valence-electron chi connectivity index (χ2n) is 2.34. The molecule has 1 aliphatic rings. The summed E-state index contributed by atoms with van der Waals surface area (Å²) in [6, 6.07) is -0.363. The van der Waals surface area contributed by atoms with Gasteiger partial charge in [-0.1, -0.05) is 0 Å². The Morgan fingerprint density at radius 1 is 1.73 bits per heavy atom. The van der Waals surface area contributed by atoms with E-state index in [0.29, 0.717) is 6.61 Å². The van der Waals surface area contributed by atoms with E-state index in [1.807, 2.05) is 0 Å². The third kappa shape index (κ3) is 1.59. The largest absolute Gasteiger partial charge is 0.481 e. The molecule has 2 unspecified atom stereocenters. The van der Waals surface area contributed by atoms with Crippen LogP contribution in [0, 0.1) is 17.4 Å². The van der Waals surface area contributed by atoms with Gasteiger partial charge in [0, 0.05) is 0 Å². The average molecular weight is 156 g/mol. The molecular weight excluding hydrogens is 148 g/mol. The van der Waals surface area contributed by atoms with Crippen LogP contribution in [-0.2, 0) is 9.53 Å². The number of carboxylic acids is 1. The molecule has 1 rings (SSSR count). The van der Waals surface area contributed by atoms with Gasteiger partial charge in [-0.25, -0.2) is 0 Å². The number of carbonyl (C=O) groups is 1. The van der Waals surface area contributed by atoms with E-state index in [1.54, 1.807) is 6.19 Å². The average Bonchev–Trinajstić information content (AvgIpc) is 2.36. The summed E-state index contributed by atoms with van der Waals surface area (Å²) in [4.78, 5) is 10.5. The molecule has 0 bridgehead atoms. The molecular formula is C6H8N2O3. The lowest BCUT2D eigenvalue weighted by molar-refractivity contribution is -0.142. The van der Waals surface area contributed by atoms with Crippen molar-refractivity contribution in [2.24, 2.45) is 5.92 Å². The highest BCUT2D eigenvalue weighted by molar-refractivity contribution is 5.71. The molecule has 0 saturated carbocycles. The fourth-order valence-electron chi connectivity index (χ4n) is 1.02. The van der Waals surface area contributed by atoms with Crippen LogP contribution < -0.4 is 5.32 Å². The van der Waals surface area contributed by atoms with E-state index in [2.05, 4.69) is 5.32 Å².